The summed E-state index contributed by atoms with van der Waals surface area (Å²) in [6, 6.07) is 15.8. The van der Waals surface area contributed by atoms with Crippen molar-refractivity contribution in [2.75, 3.05) is 0 Å². The van der Waals surface area contributed by atoms with Crippen molar-refractivity contribution in [3.05, 3.63) is 59.7 Å². The number of imide groups is 1. The predicted molar refractivity (Wildman–Crippen MR) is 149 cm³/mol. The second-order valence-electron chi connectivity index (χ2n) is 8.32. The molecular weight excluding hydrogens is 450 g/mol. The van der Waals surface area contributed by atoms with Crippen LogP contribution in [0.2, 0.25) is 0 Å². The van der Waals surface area contributed by atoms with Gasteiger partial charge in [0.05, 0.1) is 27.7 Å². The summed E-state index contributed by atoms with van der Waals surface area (Å²) in [6.45, 7) is 14.1. The summed E-state index contributed by atoms with van der Waals surface area (Å²) in [7, 11) is 0. The molecule has 0 aliphatic carbocycles. The fraction of sp³-hybridized carbons (Fsp3) is 0.333. The van der Waals surface area contributed by atoms with Crippen LogP contribution in [0.5, 0.6) is 0 Å². The number of benzene rings is 3. The Hall–Kier alpha value is -3.64. The van der Waals surface area contributed by atoms with Gasteiger partial charge in [-0.05, 0) is 19.1 Å². The third-order valence-corrected chi connectivity index (χ3v) is 6.77. The molecule has 2 amide bonds. The van der Waals surface area contributed by atoms with E-state index in [1.54, 1.807) is 0 Å². The van der Waals surface area contributed by atoms with E-state index < -0.39 is 6.23 Å². The smallest absolute Gasteiger partial charge is 0.259 e. The Morgan fingerprint density at radius 1 is 0.722 bits per heavy atom. The van der Waals surface area contributed by atoms with Crippen LogP contribution in [0.1, 0.15) is 87.9 Å². The first-order valence-electron chi connectivity index (χ1n) is 13.1. The van der Waals surface area contributed by atoms with Gasteiger partial charge in [0.1, 0.15) is 6.23 Å². The minimum Gasteiger partial charge on any atom is -0.373 e. The number of nitrogens with zero attached hydrogens (tertiary/aromatic N) is 2. The van der Waals surface area contributed by atoms with Crippen molar-refractivity contribution >= 4 is 55.4 Å². The molecule has 5 aromatic rings. The van der Waals surface area contributed by atoms with E-state index in [4.69, 9.17) is 0 Å². The van der Waals surface area contributed by atoms with Gasteiger partial charge in [-0.25, -0.2) is 0 Å². The molecule has 2 aliphatic heterocycles. The third-order valence-electron chi connectivity index (χ3n) is 6.77. The lowest BCUT2D eigenvalue weighted by molar-refractivity contribution is 0.0877. The summed E-state index contributed by atoms with van der Waals surface area (Å²) in [5.41, 5.74) is 4.48. The Balaban J connectivity index is 0.000000475. The molecule has 0 fully saturated rings. The number of carbonyl (C=O) groups is 2. The number of rotatable bonds is 0. The van der Waals surface area contributed by atoms with Crippen LogP contribution in [-0.2, 0) is 0 Å². The zero-order valence-corrected chi connectivity index (χ0v) is 22.1. The van der Waals surface area contributed by atoms with Crippen LogP contribution >= 0.6 is 0 Å². The quantitative estimate of drug-likeness (QED) is 0.226. The first kappa shape index (κ1) is 25.5. The van der Waals surface area contributed by atoms with Gasteiger partial charge in [0.2, 0.25) is 0 Å². The summed E-state index contributed by atoms with van der Waals surface area (Å²) in [5, 5.41) is 17.1. The van der Waals surface area contributed by atoms with Crippen molar-refractivity contribution in [2.45, 2.75) is 67.2 Å². The number of aliphatic hydroxyl groups excluding tert-OH is 1. The molecule has 0 saturated carbocycles. The van der Waals surface area contributed by atoms with E-state index >= 15 is 0 Å². The number of fused-ring (bicyclic) bond motifs is 9. The largest absolute Gasteiger partial charge is 0.373 e. The first-order chi connectivity index (χ1) is 17.6. The van der Waals surface area contributed by atoms with Crippen LogP contribution in [-0.4, -0.2) is 26.1 Å². The summed E-state index contributed by atoms with van der Waals surface area (Å²) < 4.78 is 4.18. The molecule has 188 valence electrons. The molecule has 0 bridgehead atoms. The Kier molecular flexibility index (Phi) is 6.92. The molecule has 2 aromatic heterocycles. The number of para-hydroxylation sites is 2. The molecule has 2 atom stereocenters. The van der Waals surface area contributed by atoms with Crippen molar-refractivity contribution in [1.29, 1.82) is 0 Å². The van der Waals surface area contributed by atoms with Gasteiger partial charge in [0.25, 0.3) is 11.8 Å². The molecule has 4 heterocycles. The maximum Gasteiger partial charge on any atom is 0.259 e. The lowest BCUT2D eigenvalue weighted by atomic mass is 9.96. The normalized spacial score (nSPS) is 17.7. The fourth-order valence-electron chi connectivity index (χ4n) is 5.71. The van der Waals surface area contributed by atoms with E-state index in [-0.39, 0.29) is 17.9 Å². The van der Waals surface area contributed by atoms with Gasteiger partial charge in [0, 0.05) is 39.5 Å². The predicted octanol–water partition coefficient (Wildman–Crippen LogP) is 7.32. The number of hydrogen-bond donors (Lipinski definition) is 2. The van der Waals surface area contributed by atoms with Crippen molar-refractivity contribution < 1.29 is 14.7 Å². The molecule has 6 nitrogen and oxygen atoms in total. The first-order valence-corrected chi connectivity index (χ1v) is 13.1. The topological polar surface area (TPSA) is 76.3 Å². The van der Waals surface area contributed by atoms with Crippen LogP contribution < -0.4 is 5.32 Å². The lowest BCUT2D eigenvalue weighted by Crippen LogP contribution is -2.20. The number of hydrogen-bond acceptors (Lipinski definition) is 3. The summed E-state index contributed by atoms with van der Waals surface area (Å²) in [5.74, 6) is -0.725. The summed E-state index contributed by atoms with van der Waals surface area (Å²) >= 11 is 0. The maximum absolute atomic E-state index is 13.0. The summed E-state index contributed by atoms with van der Waals surface area (Å²) in [4.78, 5) is 26.0. The van der Waals surface area contributed by atoms with Gasteiger partial charge in [-0.2, -0.15) is 0 Å². The lowest BCUT2D eigenvalue weighted by Gasteiger charge is -2.18. The Bertz CT molecular complexity index is 1500. The fourth-order valence-corrected chi connectivity index (χ4v) is 5.71. The minimum absolute atomic E-state index is 0.0162. The molecule has 2 unspecified atom stereocenters. The maximum atomic E-state index is 13.0. The van der Waals surface area contributed by atoms with Crippen molar-refractivity contribution in [2.24, 2.45) is 0 Å². The van der Waals surface area contributed by atoms with E-state index in [2.05, 4.69) is 16.8 Å². The molecule has 3 aromatic carbocycles. The number of aliphatic hydroxyl groups is 1. The van der Waals surface area contributed by atoms with E-state index in [0.717, 1.165) is 43.6 Å². The highest BCUT2D eigenvalue weighted by molar-refractivity contribution is 6.39. The van der Waals surface area contributed by atoms with E-state index in [9.17, 15) is 14.7 Å². The average molecular weight is 486 g/mol. The molecule has 2 aliphatic rings. The molecule has 0 saturated heterocycles. The SMILES string of the molecule is CC.CC.CC.CC1CC(O)n2c3ccccc3c3c4c(c5c6ccccc6n1c5c32)C(=O)NC4=O. The highest BCUT2D eigenvalue weighted by atomic mass is 16.3. The van der Waals surface area contributed by atoms with Gasteiger partial charge in [0.15, 0.2) is 0 Å². The van der Waals surface area contributed by atoms with Gasteiger partial charge in [-0.15, -0.1) is 0 Å². The molecule has 0 radical (unpaired) electrons. The standard InChI is InChI=1S/C24H17N3O3.3C2H6/c1-11-10-16(28)27-15-9-5-3-7-13(15)18-20-19(23(29)25-24(20)30)17-12-6-2-4-8-14(12)26(11)21(17)22(18)27;3*1-2/h2-9,11,16,28H,10H2,1H3,(H,25,29,30);3*1-2H3. The Labute approximate surface area is 211 Å². The van der Waals surface area contributed by atoms with Gasteiger partial charge in [-0.1, -0.05) is 77.9 Å². The molecule has 2 N–H and O–H groups in total. The number of aromatic nitrogens is 2. The minimum atomic E-state index is -0.734. The van der Waals surface area contributed by atoms with E-state index in [1.165, 1.54) is 0 Å². The molecule has 6 heteroatoms. The van der Waals surface area contributed by atoms with E-state index in [1.807, 2.05) is 94.6 Å². The highest BCUT2D eigenvalue weighted by Gasteiger charge is 2.38. The Morgan fingerprint density at radius 2 is 1.14 bits per heavy atom. The average Bonchev–Trinajstić information content (AvgIpc) is 3.51. The van der Waals surface area contributed by atoms with Crippen LogP contribution in [0.15, 0.2) is 48.5 Å². The van der Waals surface area contributed by atoms with E-state index in [0.29, 0.717) is 17.5 Å². The van der Waals surface area contributed by atoms with Crippen LogP contribution in [0, 0.1) is 0 Å². The van der Waals surface area contributed by atoms with Gasteiger partial charge >= 0.3 is 0 Å². The van der Waals surface area contributed by atoms with Gasteiger partial charge < -0.3 is 14.2 Å². The zero-order chi connectivity index (χ0) is 26.3. The van der Waals surface area contributed by atoms with Crippen LogP contribution in [0.25, 0.3) is 43.6 Å². The van der Waals surface area contributed by atoms with Crippen molar-refractivity contribution in [3.8, 4) is 0 Å². The third kappa shape index (κ3) is 3.21. The molecule has 7 rings (SSSR count). The highest BCUT2D eigenvalue weighted by Crippen LogP contribution is 2.48. The number of carbonyl (C=O) groups excluding carboxylic acids is 2. The number of amides is 2. The monoisotopic (exact) mass is 485 g/mol. The zero-order valence-electron chi connectivity index (χ0n) is 22.1. The van der Waals surface area contributed by atoms with Crippen LogP contribution in [0.4, 0.5) is 0 Å². The van der Waals surface area contributed by atoms with Gasteiger partial charge in [-0.3, -0.25) is 14.9 Å². The molecular formula is C30H35N3O3. The van der Waals surface area contributed by atoms with Crippen LogP contribution in [0.3, 0.4) is 0 Å². The summed E-state index contributed by atoms with van der Waals surface area (Å²) in [6.07, 6.45) is -0.205. The van der Waals surface area contributed by atoms with Crippen molar-refractivity contribution in [3.63, 3.8) is 0 Å². The second-order valence-corrected chi connectivity index (χ2v) is 8.32. The van der Waals surface area contributed by atoms with Crippen molar-refractivity contribution in [1.82, 2.24) is 14.5 Å². The second kappa shape index (κ2) is 9.78. The molecule has 36 heavy (non-hydrogen) atoms. The molecule has 0 spiro atoms. The number of nitrogens with one attached hydrogen (secondary N) is 1. The Morgan fingerprint density at radius 3 is 1.64 bits per heavy atom.